The summed E-state index contributed by atoms with van der Waals surface area (Å²) in [5.41, 5.74) is 1.70. The fourth-order valence-electron chi connectivity index (χ4n) is 3.06. The third-order valence-electron chi connectivity index (χ3n) is 4.70. The highest BCUT2D eigenvalue weighted by molar-refractivity contribution is 6.39. The fourth-order valence-corrected chi connectivity index (χ4v) is 3.31. The number of hydrogen-bond acceptors (Lipinski definition) is 4. The average Bonchev–Trinajstić information content (AvgIpc) is 2.78. The van der Waals surface area contributed by atoms with Crippen molar-refractivity contribution in [2.45, 2.75) is 6.61 Å². The summed E-state index contributed by atoms with van der Waals surface area (Å²) in [5.74, 6) is -0.917. The van der Waals surface area contributed by atoms with E-state index >= 15 is 0 Å². The summed E-state index contributed by atoms with van der Waals surface area (Å²) in [4.78, 5) is 38.5. The highest BCUT2D eigenvalue weighted by Gasteiger charge is 2.36. The lowest BCUT2D eigenvalue weighted by Crippen LogP contribution is -2.54. The van der Waals surface area contributed by atoms with Crippen LogP contribution in [-0.2, 0) is 16.2 Å². The average molecular weight is 467 g/mol. The maximum atomic E-state index is 12.9. The van der Waals surface area contributed by atoms with Gasteiger partial charge in [0, 0.05) is 10.0 Å². The number of urea groups is 1. The Labute approximate surface area is 194 Å². The SMILES string of the molecule is O=C1NC(=O)N(c2ccc(OCc3ccc(Cl)cc3)cc2)C(=O)/C1=C/c1ccc(Cl)cc1. The molecule has 4 rings (SSSR count). The van der Waals surface area contributed by atoms with Crippen LogP contribution in [0.25, 0.3) is 6.08 Å². The number of ether oxygens (including phenoxy) is 1. The van der Waals surface area contributed by atoms with Crippen LogP contribution in [-0.4, -0.2) is 17.8 Å². The molecule has 8 heteroatoms. The van der Waals surface area contributed by atoms with Gasteiger partial charge in [-0.25, -0.2) is 9.69 Å². The monoisotopic (exact) mass is 466 g/mol. The van der Waals surface area contributed by atoms with Gasteiger partial charge in [-0.05, 0) is 65.7 Å². The Morgan fingerprint density at radius 2 is 1.41 bits per heavy atom. The van der Waals surface area contributed by atoms with E-state index in [0.717, 1.165) is 10.5 Å². The van der Waals surface area contributed by atoms with E-state index in [4.69, 9.17) is 27.9 Å². The molecule has 1 saturated heterocycles. The molecule has 0 aromatic heterocycles. The molecule has 4 amide bonds. The zero-order valence-corrected chi connectivity index (χ0v) is 18.1. The number of barbiturate groups is 1. The maximum Gasteiger partial charge on any atom is 0.335 e. The van der Waals surface area contributed by atoms with Gasteiger partial charge < -0.3 is 4.74 Å². The molecule has 0 unspecified atom stereocenters. The molecule has 3 aromatic rings. The van der Waals surface area contributed by atoms with Gasteiger partial charge in [-0.2, -0.15) is 0 Å². The second kappa shape index (κ2) is 9.26. The van der Waals surface area contributed by atoms with Gasteiger partial charge in [-0.3, -0.25) is 14.9 Å². The van der Waals surface area contributed by atoms with E-state index in [-0.39, 0.29) is 5.57 Å². The van der Waals surface area contributed by atoms with Crippen molar-refractivity contribution in [3.8, 4) is 5.75 Å². The van der Waals surface area contributed by atoms with Crippen LogP contribution >= 0.6 is 23.2 Å². The minimum Gasteiger partial charge on any atom is -0.489 e. The first-order valence-electron chi connectivity index (χ1n) is 9.55. The van der Waals surface area contributed by atoms with Crippen LogP contribution in [0, 0.1) is 0 Å². The first-order chi connectivity index (χ1) is 15.4. The highest BCUT2D eigenvalue weighted by atomic mass is 35.5. The zero-order valence-electron chi connectivity index (χ0n) is 16.5. The van der Waals surface area contributed by atoms with Gasteiger partial charge in [0.15, 0.2) is 0 Å². The highest BCUT2D eigenvalue weighted by Crippen LogP contribution is 2.25. The van der Waals surface area contributed by atoms with Crippen LogP contribution in [0.2, 0.25) is 10.0 Å². The second-order valence-electron chi connectivity index (χ2n) is 6.92. The number of benzene rings is 3. The molecule has 3 aromatic carbocycles. The molecular formula is C24H16Cl2N2O4. The molecule has 0 atom stereocenters. The lowest BCUT2D eigenvalue weighted by molar-refractivity contribution is -0.122. The molecule has 1 aliphatic rings. The molecule has 0 radical (unpaired) electrons. The molecule has 0 aliphatic carbocycles. The van der Waals surface area contributed by atoms with Gasteiger partial charge in [0.1, 0.15) is 17.9 Å². The Kier molecular flexibility index (Phi) is 6.25. The summed E-state index contributed by atoms with van der Waals surface area (Å²) in [6.07, 6.45) is 1.41. The lowest BCUT2D eigenvalue weighted by atomic mass is 10.1. The number of rotatable bonds is 5. The number of nitrogens with one attached hydrogen (secondary N) is 1. The first-order valence-corrected chi connectivity index (χ1v) is 10.3. The number of hydrogen-bond donors (Lipinski definition) is 1. The Morgan fingerprint density at radius 1 is 0.812 bits per heavy atom. The predicted molar refractivity (Wildman–Crippen MR) is 123 cm³/mol. The number of amides is 4. The summed E-state index contributed by atoms with van der Waals surface area (Å²) in [6, 6.07) is 19.5. The standard InChI is InChI=1S/C24H16Cl2N2O4/c25-17-5-1-15(2-6-17)13-21-22(29)27-24(31)28(23(21)30)19-9-11-20(12-10-19)32-14-16-3-7-18(26)8-4-16/h1-13H,14H2,(H,27,29,31)/b21-13+. The Balaban J connectivity index is 1.51. The topological polar surface area (TPSA) is 75.7 Å². The van der Waals surface area contributed by atoms with Crippen LogP contribution in [0.1, 0.15) is 11.1 Å². The van der Waals surface area contributed by atoms with Crippen LogP contribution < -0.4 is 15.0 Å². The smallest absolute Gasteiger partial charge is 0.335 e. The van der Waals surface area contributed by atoms with Gasteiger partial charge in [0.2, 0.25) is 0 Å². The third-order valence-corrected chi connectivity index (χ3v) is 5.20. The van der Waals surface area contributed by atoms with Gasteiger partial charge in [0.25, 0.3) is 11.8 Å². The molecule has 1 heterocycles. The van der Waals surface area contributed by atoms with Crippen LogP contribution in [0.4, 0.5) is 10.5 Å². The quantitative estimate of drug-likeness (QED) is 0.412. The molecule has 6 nitrogen and oxygen atoms in total. The normalized spacial score (nSPS) is 15.1. The van der Waals surface area contributed by atoms with Crippen molar-refractivity contribution in [3.05, 3.63) is 99.5 Å². The summed E-state index contributed by atoms with van der Waals surface area (Å²) in [6.45, 7) is 0.335. The zero-order chi connectivity index (χ0) is 22.7. The number of halogens is 2. The fraction of sp³-hybridized carbons (Fsp3) is 0.0417. The van der Waals surface area contributed by atoms with E-state index in [1.165, 1.54) is 6.08 Å². The van der Waals surface area contributed by atoms with Crippen molar-refractivity contribution in [1.82, 2.24) is 5.32 Å². The van der Waals surface area contributed by atoms with E-state index in [9.17, 15) is 14.4 Å². The van der Waals surface area contributed by atoms with E-state index < -0.39 is 17.8 Å². The summed E-state index contributed by atoms with van der Waals surface area (Å²) >= 11 is 11.8. The van der Waals surface area contributed by atoms with Gasteiger partial charge in [-0.15, -0.1) is 0 Å². The molecule has 32 heavy (non-hydrogen) atoms. The number of anilines is 1. The number of carbonyl (C=O) groups is 3. The Hall–Kier alpha value is -3.61. The molecule has 1 aliphatic heterocycles. The van der Waals surface area contributed by atoms with E-state index in [1.54, 1.807) is 60.7 Å². The molecule has 1 fully saturated rings. The van der Waals surface area contributed by atoms with E-state index in [1.807, 2.05) is 12.1 Å². The molecule has 0 saturated carbocycles. The number of carbonyl (C=O) groups excluding carboxylic acids is 3. The molecule has 0 spiro atoms. The Bertz CT molecular complexity index is 1200. The van der Waals surface area contributed by atoms with Gasteiger partial charge in [0.05, 0.1) is 5.69 Å². The Morgan fingerprint density at radius 3 is 2.03 bits per heavy atom. The molecular weight excluding hydrogens is 451 g/mol. The molecule has 1 N–H and O–H groups in total. The van der Waals surface area contributed by atoms with Crippen molar-refractivity contribution in [2.75, 3.05) is 4.90 Å². The van der Waals surface area contributed by atoms with Crippen LogP contribution in [0.5, 0.6) is 5.75 Å². The summed E-state index contributed by atoms with van der Waals surface area (Å²) < 4.78 is 5.73. The van der Waals surface area contributed by atoms with Crippen molar-refractivity contribution in [2.24, 2.45) is 0 Å². The second-order valence-corrected chi connectivity index (χ2v) is 7.79. The van der Waals surface area contributed by atoms with Crippen molar-refractivity contribution >= 4 is 52.8 Å². The van der Waals surface area contributed by atoms with Crippen molar-refractivity contribution in [3.63, 3.8) is 0 Å². The minimum atomic E-state index is -0.817. The largest absolute Gasteiger partial charge is 0.489 e. The van der Waals surface area contributed by atoms with Crippen molar-refractivity contribution in [1.29, 1.82) is 0 Å². The van der Waals surface area contributed by atoms with E-state index in [2.05, 4.69) is 5.32 Å². The third kappa shape index (κ3) is 4.82. The molecule has 0 bridgehead atoms. The minimum absolute atomic E-state index is 0.157. The summed E-state index contributed by atoms with van der Waals surface area (Å²) in [7, 11) is 0. The first kappa shape index (κ1) is 21.6. The van der Waals surface area contributed by atoms with Crippen LogP contribution in [0.15, 0.2) is 78.4 Å². The lowest BCUT2D eigenvalue weighted by Gasteiger charge is -2.26. The predicted octanol–water partition coefficient (Wildman–Crippen LogP) is 5.24. The number of imide groups is 2. The van der Waals surface area contributed by atoms with Crippen molar-refractivity contribution < 1.29 is 19.1 Å². The van der Waals surface area contributed by atoms with Gasteiger partial charge in [-0.1, -0.05) is 47.5 Å². The number of nitrogens with zero attached hydrogens (tertiary/aromatic N) is 1. The van der Waals surface area contributed by atoms with Gasteiger partial charge >= 0.3 is 6.03 Å². The van der Waals surface area contributed by atoms with E-state index in [0.29, 0.717) is 33.7 Å². The van der Waals surface area contributed by atoms with Crippen LogP contribution in [0.3, 0.4) is 0 Å². The maximum absolute atomic E-state index is 12.9. The molecule has 160 valence electrons. The summed E-state index contributed by atoms with van der Waals surface area (Å²) in [5, 5.41) is 3.37.